The van der Waals surface area contributed by atoms with Gasteiger partial charge in [-0.3, -0.25) is 14.5 Å². The first-order valence-corrected chi connectivity index (χ1v) is 13.5. The Hall–Kier alpha value is -4.06. The molecule has 1 atom stereocenters. The number of ether oxygens (including phenoxy) is 2. The predicted octanol–water partition coefficient (Wildman–Crippen LogP) is 7.18. The molecule has 0 saturated carbocycles. The van der Waals surface area contributed by atoms with Gasteiger partial charge in [0.15, 0.2) is 0 Å². The Morgan fingerprint density at radius 3 is 2.28 bits per heavy atom. The van der Waals surface area contributed by atoms with Gasteiger partial charge in [0.25, 0.3) is 11.7 Å². The number of carbonyl (C=O) groups is 2. The fraction of sp³-hybridized carbons (Fsp3) is 0.333. The second kappa shape index (κ2) is 11.8. The predicted molar refractivity (Wildman–Crippen MR) is 154 cm³/mol. The van der Waals surface area contributed by atoms with Crippen LogP contribution in [0.25, 0.3) is 5.76 Å². The van der Waals surface area contributed by atoms with Crippen molar-refractivity contribution in [3.8, 4) is 11.5 Å². The average molecular weight is 528 g/mol. The number of aliphatic hydroxyl groups is 1. The zero-order valence-corrected chi connectivity index (χ0v) is 23.5. The molecule has 1 aliphatic heterocycles. The number of Topliss-reactive ketones (excluding diaryl/α,β-unsaturated/α-hetero) is 1. The quantitative estimate of drug-likeness (QED) is 0.181. The highest BCUT2D eigenvalue weighted by Gasteiger charge is 2.47. The van der Waals surface area contributed by atoms with Crippen LogP contribution in [-0.2, 0) is 9.59 Å². The van der Waals surface area contributed by atoms with Crippen LogP contribution in [0.15, 0.2) is 72.3 Å². The summed E-state index contributed by atoms with van der Waals surface area (Å²) >= 11 is 0. The Balaban J connectivity index is 1.85. The molecule has 1 amide bonds. The van der Waals surface area contributed by atoms with Crippen LogP contribution in [0, 0.1) is 12.8 Å². The van der Waals surface area contributed by atoms with Crippen molar-refractivity contribution in [2.24, 2.45) is 5.92 Å². The fourth-order valence-corrected chi connectivity index (χ4v) is 4.75. The minimum Gasteiger partial charge on any atom is -0.507 e. The summed E-state index contributed by atoms with van der Waals surface area (Å²) < 4.78 is 11.6. The summed E-state index contributed by atoms with van der Waals surface area (Å²) in [5.74, 6) is 0.392. The average Bonchev–Trinajstić information content (AvgIpc) is 3.18. The summed E-state index contributed by atoms with van der Waals surface area (Å²) in [6, 6.07) is 19.4. The summed E-state index contributed by atoms with van der Waals surface area (Å²) in [7, 11) is 0. The first-order chi connectivity index (χ1) is 18.6. The number of hydrogen-bond acceptors (Lipinski definition) is 5. The van der Waals surface area contributed by atoms with Crippen molar-refractivity contribution in [2.45, 2.75) is 53.5 Å². The Labute approximate surface area is 230 Å². The molecule has 6 heteroatoms. The zero-order valence-electron chi connectivity index (χ0n) is 23.5. The molecule has 0 aliphatic carbocycles. The fourth-order valence-electron chi connectivity index (χ4n) is 4.75. The van der Waals surface area contributed by atoms with E-state index in [1.54, 1.807) is 18.2 Å². The largest absolute Gasteiger partial charge is 0.507 e. The van der Waals surface area contributed by atoms with E-state index in [1.165, 1.54) is 4.90 Å². The van der Waals surface area contributed by atoms with Gasteiger partial charge in [0.1, 0.15) is 17.3 Å². The van der Waals surface area contributed by atoms with E-state index in [9.17, 15) is 14.7 Å². The molecule has 0 spiro atoms. The first kappa shape index (κ1) is 28.0. The monoisotopic (exact) mass is 527 g/mol. The van der Waals surface area contributed by atoms with Gasteiger partial charge in [0.2, 0.25) is 0 Å². The zero-order chi connectivity index (χ0) is 28.3. The van der Waals surface area contributed by atoms with Gasteiger partial charge in [0, 0.05) is 11.3 Å². The highest BCUT2D eigenvalue weighted by atomic mass is 16.5. The summed E-state index contributed by atoms with van der Waals surface area (Å²) in [5, 5.41) is 11.5. The van der Waals surface area contributed by atoms with Gasteiger partial charge in [-0.1, -0.05) is 52.0 Å². The van der Waals surface area contributed by atoms with Crippen LogP contribution >= 0.6 is 0 Å². The van der Waals surface area contributed by atoms with Crippen molar-refractivity contribution in [1.29, 1.82) is 0 Å². The molecule has 1 fully saturated rings. The third kappa shape index (κ3) is 5.85. The molecule has 0 aromatic heterocycles. The molecule has 1 heterocycles. The maximum atomic E-state index is 13.5. The molecule has 1 unspecified atom stereocenters. The lowest BCUT2D eigenvalue weighted by Crippen LogP contribution is -2.29. The maximum Gasteiger partial charge on any atom is 0.300 e. The topological polar surface area (TPSA) is 76.1 Å². The van der Waals surface area contributed by atoms with Crippen molar-refractivity contribution in [1.82, 2.24) is 0 Å². The summed E-state index contributed by atoms with van der Waals surface area (Å²) in [4.78, 5) is 28.5. The smallest absolute Gasteiger partial charge is 0.300 e. The van der Waals surface area contributed by atoms with Gasteiger partial charge in [0.05, 0.1) is 24.8 Å². The highest BCUT2D eigenvalue weighted by molar-refractivity contribution is 6.51. The maximum absolute atomic E-state index is 13.5. The highest BCUT2D eigenvalue weighted by Crippen LogP contribution is 2.43. The Morgan fingerprint density at radius 2 is 1.67 bits per heavy atom. The van der Waals surface area contributed by atoms with Gasteiger partial charge in [-0.2, -0.15) is 0 Å². The molecule has 6 nitrogen and oxygen atoms in total. The first-order valence-electron chi connectivity index (χ1n) is 13.5. The van der Waals surface area contributed by atoms with Crippen LogP contribution < -0.4 is 14.4 Å². The van der Waals surface area contributed by atoms with Crippen LogP contribution in [0.1, 0.15) is 68.8 Å². The molecule has 0 bridgehead atoms. The molecule has 0 radical (unpaired) electrons. The van der Waals surface area contributed by atoms with E-state index in [0.29, 0.717) is 53.4 Å². The molecule has 204 valence electrons. The van der Waals surface area contributed by atoms with E-state index in [0.717, 1.165) is 11.1 Å². The van der Waals surface area contributed by atoms with Crippen LogP contribution in [0.4, 0.5) is 5.69 Å². The SMILES string of the molecule is CCOc1cccc(C2/C(=C(\O)c3ccc(OCC(C)C)c(C)c3)C(=O)C(=O)N2c2ccc(C(C)C)cc2)c1. The van der Waals surface area contributed by atoms with E-state index in [1.807, 2.05) is 62.4 Å². The lowest BCUT2D eigenvalue weighted by Gasteiger charge is -2.26. The summed E-state index contributed by atoms with van der Waals surface area (Å²) in [6.07, 6.45) is 0. The van der Waals surface area contributed by atoms with E-state index in [4.69, 9.17) is 9.47 Å². The number of ketones is 1. The third-order valence-corrected chi connectivity index (χ3v) is 6.79. The minimum absolute atomic E-state index is 0.0387. The van der Waals surface area contributed by atoms with Crippen LogP contribution in [-0.4, -0.2) is 30.0 Å². The molecular formula is C33H37NO5. The number of rotatable bonds is 9. The van der Waals surface area contributed by atoms with Gasteiger partial charge < -0.3 is 14.6 Å². The number of nitrogens with zero attached hydrogens (tertiary/aromatic N) is 1. The molecule has 4 rings (SSSR count). The molecule has 39 heavy (non-hydrogen) atoms. The van der Waals surface area contributed by atoms with Crippen molar-refractivity contribution in [2.75, 3.05) is 18.1 Å². The van der Waals surface area contributed by atoms with Crippen LogP contribution in [0.5, 0.6) is 11.5 Å². The lowest BCUT2D eigenvalue weighted by molar-refractivity contribution is -0.132. The third-order valence-electron chi connectivity index (χ3n) is 6.79. The van der Waals surface area contributed by atoms with Crippen LogP contribution in [0.2, 0.25) is 0 Å². The van der Waals surface area contributed by atoms with Crippen LogP contribution in [0.3, 0.4) is 0 Å². The number of carbonyl (C=O) groups excluding carboxylic acids is 2. The van der Waals surface area contributed by atoms with Crippen molar-refractivity contribution < 1.29 is 24.2 Å². The number of amides is 1. The number of hydrogen-bond donors (Lipinski definition) is 1. The van der Waals surface area contributed by atoms with Gasteiger partial charge in [-0.15, -0.1) is 0 Å². The van der Waals surface area contributed by atoms with E-state index in [2.05, 4.69) is 27.7 Å². The second-order valence-electron chi connectivity index (χ2n) is 10.6. The van der Waals surface area contributed by atoms with Crippen molar-refractivity contribution >= 4 is 23.1 Å². The molecular weight excluding hydrogens is 490 g/mol. The summed E-state index contributed by atoms with van der Waals surface area (Å²) in [6.45, 7) is 13.2. The molecule has 1 aliphatic rings. The Kier molecular flexibility index (Phi) is 8.44. The van der Waals surface area contributed by atoms with Gasteiger partial charge in [-0.05, 0) is 84.8 Å². The second-order valence-corrected chi connectivity index (χ2v) is 10.6. The number of anilines is 1. The standard InChI is InChI=1S/C33H37NO5/c1-7-38-27-10-8-9-24(18-27)30-29(31(35)25-13-16-28(22(6)17-25)39-19-20(2)3)32(36)33(37)34(30)26-14-11-23(12-15-26)21(4)5/h8-18,20-21,30,35H,7,19H2,1-6H3/b31-29+. The lowest BCUT2D eigenvalue weighted by atomic mass is 9.94. The van der Waals surface area contributed by atoms with E-state index in [-0.39, 0.29) is 11.3 Å². The number of benzene rings is 3. The Morgan fingerprint density at radius 1 is 0.949 bits per heavy atom. The van der Waals surface area contributed by atoms with Crippen molar-refractivity contribution in [3.63, 3.8) is 0 Å². The molecule has 3 aromatic carbocycles. The van der Waals surface area contributed by atoms with Gasteiger partial charge >= 0.3 is 0 Å². The molecule has 3 aromatic rings. The summed E-state index contributed by atoms with van der Waals surface area (Å²) in [5.41, 5.74) is 3.69. The van der Waals surface area contributed by atoms with Gasteiger partial charge in [-0.25, -0.2) is 0 Å². The Bertz CT molecular complexity index is 1390. The molecule has 1 saturated heterocycles. The van der Waals surface area contributed by atoms with E-state index < -0.39 is 17.7 Å². The number of aliphatic hydroxyl groups excluding tert-OH is 1. The minimum atomic E-state index is -0.826. The normalized spacial score (nSPS) is 16.8. The number of aryl methyl sites for hydroxylation is 1. The molecule has 1 N–H and O–H groups in total. The van der Waals surface area contributed by atoms with Crippen molar-refractivity contribution in [3.05, 3.63) is 94.6 Å². The van der Waals surface area contributed by atoms with E-state index >= 15 is 0 Å².